The lowest BCUT2D eigenvalue weighted by molar-refractivity contribution is -0.126. The van der Waals surface area contributed by atoms with Crippen molar-refractivity contribution in [2.45, 2.75) is 31.7 Å². The number of aromatic nitrogens is 2. The molecule has 0 bridgehead atoms. The zero-order valence-corrected chi connectivity index (χ0v) is 13.4. The molecule has 2 fully saturated rings. The Morgan fingerprint density at radius 2 is 2.08 bits per heavy atom. The van der Waals surface area contributed by atoms with Crippen molar-refractivity contribution in [3.05, 3.63) is 41.8 Å². The Balaban J connectivity index is 1.34. The number of nitrogens with one attached hydrogen (secondary N) is 1. The normalized spacial score (nSPS) is 20.1. The van der Waals surface area contributed by atoms with Gasteiger partial charge >= 0.3 is 0 Å². The predicted molar refractivity (Wildman–Crippen MR) is 85.0 cm³/mol. The van der Waals surface area contributed by atoms with Crippen LogP contribution >= 0.6 is 0 Å². The van der Waals surface area contributed by atoms with E-state index < -0.39 is 5.92 Å². The van der Waals surface area contributed by atoms with Crippen LogP contribution in [0.4, 0.5) is 10.1 Å². The van der Waals surface area contributed by atoms with E-state index >= 15 is 0 Å². The summed E-state index contributed by atoms with van der Waals surface area (Å²) >= 11 is 0. The predicted octanol–water partition coefficient (Wildman–Crippen LogP) is 1.76. The van der Waals surface area contributed by atoms with Gasteiger partial charge in [0.25, 0.3) is 0 Å². The molecule has 0 spiro atoms. The Morgan fingerprint density at radius 3 is 2.80 bits per heavy atom. The van der Waals surface area contributed by atoms with Crippen LogP contribution in [-0.2, 0) is 16.1 Å². The maximum Gasteiger partial charge on any atom is 0.246 e. The SMILES string of the molecule is O=C(NCc1nc(C2CC2)no1)[C@H]1CC(=O)N(c2ccc(F)cc2)C1. The largest absolute Gasteiger partial charge is 0.347 e. The minimum Gasteiger partial charge on any atom is -0.347 e. The molecule has 25 heavy (non-hydrogen) atoms. The van der Waals surface area contributed by atoms with E-state index in [1.165, 1.54) is 29.2 Å². The number of nitrogens with zero attached hydrogens (tertiary/aromatic N) is 3. The van der Waals surface area contributed by atoms with Crippen LogP contribution in [0.15, 0.2) is 28.8 Å². The Labute approximate surface area is 143 Å². The van der Waals surface area contributed by atoms with Crippen molar-refractivity contribution in [1.82, 2.24) is 15.5 Å². The number of carbonyl (C=O) groups excluding carboxylic acids is 2. The Bertz CT molecular complexity index is 800. The van der Waals surface area contributed by atoms with Crippen molar-refractivity contribution in [3.8, 4) is 0 Å². The molecule has 1 N–H and O–H groups in total. The molecule has 8 heteroatoms. The molecule has 4 rings (SSSR count). The van der Waals surface area contributed by atoms with Gasteiger partial charge < -0.3 is 14.7 Å². The number of hydrogen-bond donors (Lipinski definition) is 1. The second kappa shape index (κ2) is 6.27. The van der Waals surface area contributed by atoms with Gasteiger partial charge in [0.15, 0.2) is 5.82 Å². The number of hydrogen-bond acceptors (Lipinski definition) is 5. The summed E-state index contributed by atoms with van der Waals surface area (Å²) in [5.41, 5.74) is 0.590. The maximum atomic E-state index is 13.0. The van der Waals surface area contributed by atoms with E-state index in [4.69, 9.17) is 4.52 Å². The second-order valence-electron chi connectivity index (χ2n) is 6.42. The topological polar surface area (TPSA) is 88.3 Å². The highest BCUT2D eigenvalue weighted by atomic mass is 19.1. The fraction of sp³-hybridized carbons (Fsp3) is 0.412. The highest BCUT2D eigenvalue weighted by Gasteiger charge is 2.35. The summed E-state index contributed by atoms with van der Waals surface area (Å²) in [7, 11) is 0. The smallest absolute Gasteiger partial charge is 0.246 e. The molecule has 2 aromatic rings. The van der Waals surface area contributed by atoms with E-state index in [1.807, 2.05) is 0 Å². The fourth-order valence-electron chi connectivity index (χ4n) is 2.91. The number of anilines is 1. The number of halogens is 1. The highest BCUT2D eigenvalue weighted by Crippen LogP contribution is 2.38. The van der Waals surface area contributed by atoms with Crippen molar-refractivity contribution in [3.63, 3.8) is 0 Å². The molecular formula is C17H17FN4O3. The van der Waals surface area contributed by atoms with Gasteiger partial charge in [0.2, 0.25) is 17.7 Å². The van der Waals surface area contributed by atoms with Crippen LogP contribution in [-0.4, -0.2) is 28.5 Å². The molecule has 0 radical (unpaired) electrons. The zero-order valence-electron chi connectivity index (χ0n) is 13.4. The van der Waals surface area contributed by atoms with E-state index in [0.717, 1.165) is 12.8 Å². The molecule has 1 aliphatic carbocycles. The average molecular weight is 344 g/mol. The van der Waals surface area contributed by atoms with E-state index in [9.17, 15) is 14.0 Å². The van der Waals surface area contributed by atoms with E-state index in [2.05, 4.69) is 15.5 Å². The Kier molecular flexibility index (Phi) is 3.95. The van der Waals surface area contributed by atoms with Gasteiger partial charge in [-0.1, -0.05) is 5.16 Å². The summed E-state index contributed by atoms with van der Waals surface area (Å²) in [5, 5.41) is 6.64. The summed E-state index contributed by atoms with van der Waals surface area (Å²) in [6, 6.07) is 5.66. The molecule has 1 aromatic carbocycles. The third kappa shape index (κ3) is 3.38. The van der Waals surface area contributed by atoms with E-state index in [0.29, 0.717) is 23.3 Å². The van der Waals surface area contributed by atoms with Crippen LogP contribution in [0.3, 0.4) is 0 Å². The number of carbonyl (C=O) groups is 2. The third-order valence-corrected chi connectivity index (χ3v) is 4.47. The zero-order chi connectivity index (χ0) is 17.4. The monoisotopic (exact) mass is 344 g/mol. The first-order chi connectivity index (χ1) is 12.1. The molecule has 1 saturated carbocycles. The van der Waals surface area contributed by atoms with Crippen molar-refractivity contribution >= 4 is 17.5 Å². The maximum absolute atomic E-state index is 13.0. The lowest BCUT2D eigenvalue weighted by Gasteiger charge is -2.16. The lowest BCUT2D eigenvalue weighted by Crippen LogP contribution is -2.32. The van der Waals surface area contributed by atoms with Gasteiger partial charge in [0, 0.05) is 24.6 Å². The Hall–Kier alpha value is -2.77. The number of rotatable bonds is 5. The van der Waals surface area contributed by atoms with Gasteiger partial charge in [-0.15, -0.1) is 0 Å². The summed E-state index contributed by atoms with van der Waals surface area (Å²) < 4.78 is 18.1. The first-order valence-corrected chi connectivity index (χ1v) is 8.26. The average Bonchev–Trinajstić information content (AvgIpc) is 3.22. The van der Waals surface area contributed by atoms with Crippen LogP contribution < -0.4 is 10.2 Å². The van der Waals surface area contributed by atoms with E-state index in [-0.39, 0.29) is 37.1 Å². The first-order valence-electron chi connectivity index (χ1n) is 8.26. The van der Waals surface area contributed by atoms with Crippen molar-refractivity contribution < 1.29 is 18.5 Å². The van der Waals surface area contributed by atoms with E-state index in [1.54, 1.807) is 0 Å². The summed E-state index contributed by atoms with van der Waals surface area (Å²) in [4.78, 5) is 30.2. The molecular weight excluding hydrogens is 327 g/mol. The standard InChI is InChI=1S/C17H17FN4O3/c18-12-3-5-13(6-4-12)22-9-11(7-15(22)23)17(24)19-8-14-20-16(21-25-14)10-1-2-10/h3-6,10-11H,1-2,7-9H2,(H,19,24)/t11-/m0/s1. The van der Waals surface area contributed by atoms with Gasteiger partial charge in [-0.3, -0.25) is 9.59 Å². The molecule has 7 nitrogen and oxygen atoms in total. The molecule has 130 valence electrons. The minimum atomic E-state index is -0.455. The van der Waals surface area contributed by atoms with Crippen LogP contribution in [0.25, 0.3) is 0 Å². The van der Waals surface area contributed by atoms with Crippen LogP contribution in [0, 0.1) is 11.7 Å². The lowest BCUT2D eigenvalue weighted by atomic mass is 10.1. The van der Waals surface area contributed by atoms with Gasteiger partial charge in [0.1, 0.15) is 5.82 Å². The van der Waals surface area contributed by atoms with Crippen LogP contribution in [0.2, 0.25) is 0 Å². The van der Waals surface area contributed by atoms with Crippen molar-refractivity contribution in [2.24, 2.45) is 5.92 Å². The second-order valence-corrected chi connectivity index (χ2v) is 6.42. The minimum absolute atomic E-state index is 0.125. The Morgan fingerprint density at radius 1 is 1.32 bits per heavy atom. The first kappa shape index (κ1) is 15.7. The van der Waals surface area contributed by atoms with Crippen LogP contribution in [0.5, 0.6) is 0 Å². The third-order valence-electron chi connectivity index (χ3n) is 4.47. The molecule has 2 heterocycles. The van der Waals surface area contributed by atoms with Crippen molar-refractivity contribution in [1.29, 1.82) is 0 Å². The van der Waals surface area contributed by atoms with Gasteiger partial charge in [0.05, 0.1) is 12.5 Å². The molecule has 0 unspecified atom stereocenters. The summed E-state index contributed by atoms with van der Waals surface area (Å²) in [6.45, 7) is 0.424. The van der Waals surface area contributed by atoms with Crippen molar-refractivity contribution in [2.75, 3.05) is 11.4 Å². The molecule has 1 atom stereocenters. The molecule has 2 amide bonds. The quantitative estimate of drug-likeness (QED) is 0.893. The van der Waals surface area contributed by atoms with Gasteiger partial charge in [-0.2, -0.15) is 4.98 Å². The van der Waals surface area contributed by atoms with Gasteiger partial charge in [-0.05, 0) is 37.1 Å². The fourth-order valence-corrected chi connectivity index (χ4v) is 2.91. The van der Waals surface area contributed by atoms with Crippen LogP contribution in [0.1, 0.15) is 36.9 Å². The summed E-state index contributed by atoms with van der Waals surface area (Å²) in [6.07, 6.45) is 2.28. The highest BCUT2D eigenvalue weighted by molar-refractivity contribution is 6.00. The molecule has 1 aromatic heterocycles. The number of benzene rings is 1. The molecule has 2 aliphatic rings. The molecule has 1 aliphatic heterocycles. The number of amides is 2. The summed E-state index contributed by atoms with van der Waals surface area (Å²) in [5.74, 6) is 0.255. The molecule has 1 saturated heterocycles. The van der Waals surface area contributed by atoms with Gasteiger partial charge in [-0.25, -0.2) is 4.39 Å².